The van der Waals surface area contributed by atoms with Gasteiger partial charge in [-0.1, -0.05) is 67.2 Å². The average Bonchev–Trinajstić information content (AvgIpc) is 2.97. The lowest BCUT2D eigenvalue weighted by molar-refractivity contribution is 0.000926. The van der Waals surface area contributed by atoms with Crippen LogP contribution in [0.1, 0.15) is 125 Å². The van der Waals surface area contributed by atoms with Crippen LogP contribution in [-0.4, -0.2) is 35.1 Å². The Kier molecular flexibility index (Phi) is 6.24. The van der Waals surface area contributed by atoms with Crippen molar-refractivity contribution in [2.75, 3.05) is 0 Å². The fourth-order valence-electron chi connectivity index (χ4n) is 6.82. The maximum atomic E-state index is 6.78. The van der Waals surface area contributed by atoms with E-state index in [4.69, 9.17) is 19.5 Å². The fraction of sp³-hybridized carbons (Fsp3) is 0.926. The molecule has 4 heteroatoms. The van der Waals surface area contributed by atoms with Crippen molar-refractivity contribution >= 4 is 11.8 Å². The Labute approximate surface area is 190 Å². The van der Waals surface area contributed by atoms with Crippen LogP contribution in [0.2, 0.25) is 0 Å². The molecule has 2 spiro atoms. The summed E-state index contributed by atoms with van der Waals surface area (Å²) in [7, 11) is 0. The van der Waals surface area contributed by atoms with E-state index in [1.54, 1.807) is 0 Å². The third-order valence-corrected chi connectivity index (χ3v) is 8.03. The van der Waals surface area contributed by atoms with Gasteiger partial charge in [0, 0.05) is 0 Å². The highest BCUT2D eigenvalue weighted by Crippen LogP contribution is 2.48. The van der Waals surface area contributed by atoms with Gasteiger partial charge in [0.05, 0.1) is 18.5 Å². The second kappa shape index (κ2) is 8.37. The quantitative estimate of drug-likeness (QED) is 0.463. The Hall–Kier alpha value is -1.06. The van der Waals surface area contributed by atoms with Crippen molar-refractivity contribution in [1.29, 1.82) is 0 Å². The molecule has 31 heavy (non-hydrogen) atoms. The van der Waals surface area contributed by atoms with Crippen LogP contribution >= 0.6 is 0 Å². The fourth-order valence-corrected chi connectivity index (χ4v) is 6.82. The molecule has 4 nitrogen and oxygen atoms in total. The van der Waals surface area contributed by atoms with E-state index in [1.807, 2.05) is 0 Å². The lowest BCUT2D eigenvalue weighted by atomic mass is 9.73. The predicted molar refractivity (Wildman–Crippen MR) is 129 cm³/mol. The third-order valence-electron chi connectivity index (χ3n) is 8.03. The molecule has 176 valence electrons. The van der Waals surface area contributed by atoms with E-state index in [0.717, 1.165) is 37.5 Å². The number of hydrogen-bond acceptors (Lipinski definition) is 4. The molecule has 0 radical (unpaired) electrons. The lowest BCUT2D eigenvalue weighted by Crippen LogP contribution is -2.47. The molecule has 0 bridgehead atoms. The van der Waals surface area contributed by atoms with Crippen LogP contribution in [0, 0.1) is 10.8 Å². The van der Waals surface area contributed by atoms with Crippen LogP contribution in [-0.2, 0) is 9.47 Å². The van der Waals surface area contributed by atoms with Gasteiger partial charge in [0.2, 0.25) is 0 Å². The van der Waals surface area contributed by atoms with E-state index < -0.39 is 0 Å². The van der Waals surface area contributed by atoms with Gasteiger partial charge in [0.15, 0.2) is 11.8 Å². The van der Waals surface area contributed by atoms with Crippen LogP contribution < -0.4 is 0 Å². The molecule has 0 saturated heterocycles. The molecule has 4 aliphatic rings. The SMILES string of the molecule is CC(C)(C)[C@H]1N=C(CC2=N[C@H](C(C)(C)C)C3(CCCCCC3)O2)OC12CCCCCC2. The summed E-state index contributed by atoms with van der Waals surface area (Å²) in [5.41, 5.74) is -0.0405. The summed E-state index contributed by atoms with van der Waals surface area (Å²) < 4.78 is 13.6. The Morgan fingerprint density at radius 3 is 1.23 bits per heavy atom. The second-order valence-corrected chi connectivity index (χ2v) is 12.9. The monoisotopic (exact) mass is 430 g/mol. The van der Waals surface area contributed by atoms with Crippen molar-refractivity contribution in [2.45, 2.75) is 148 Å². The van der Waals surface area contributed by atoms with Gasteiger partial charge in [-0.3, -0.25) is 0 Å². The molecule has 0 N–H and O–H groups in total. The lowest BCUT2D eigenvalue weighted by Gasteiger charge is -2.39. The van der Waals surface area contributed by atoms with E-state index in [9.17, 15) is 0 Å². The van der Waals surface area contributed by atoms with Gasteiger partial charge >= 0.3 is 0 Å². The number of nitrogens with zero attached hydrogens (tertiary/aromatic N) is 2. The van der Waals surface area contributed by atoms with Crippen molar-refractivity contribution < 1.29 is 9.47 Å². The zero-order valence-corrected chi connectivity index (χ0v) is 21.1. The van der Waals surface area contributed by atoms with Gasteiger partial charge in [-0.05, 0) is 62.2 Å². The second-order valence-electron chi connectivity index (χ2n) is 12.9. The summed E-state index contributed by atoms with van der Waals surface area (Å²) in [6.45, 7) is 13.9. The van der Waals surface area contributed by atoms with Crippen molar-refractivity contribution in [2.24, 2.45) is 20.8 Å². The van der Waals surface area contributed by atoms with Crippen LogP contribution in [0.5, 0.6) is 0 Å². The zero-order chi connectivity index (χ0) is 22.3. The molecule has 2 aliphatic heterocycles. The number of aliphatic imine (C=N–C) groups is 2. The summed E-state index contributed by atoms with van der Waals surface area (Å²) >= 11 is 0. The van der Waals surface area contributed by atoms with Crippen molar-refractivity contribution in [3.8, 4) is 0 Å². The molecule has 4 rings (SSSR count). The predicted octanol–water partition coefficient (Wildman–Crippen LogP) is 7.25. The molecule has 2 atom stereocenters. The summed E-state index contributed by atoms with van der Waals surface area (Å²) in [4.78, 5) is 10.4. The Bertz CT molecular complexity index is 634. The van der Waals surface area contributed by atoms with Crippen molar-refractivity contribution in [3.63, 3.8) is 0 Å². The molecular formula is C27H46N2O2. The van der Waals surface area contributed by atoms with E-state index in [1.165, 1.54) is 51.4 Å². The van der Waals surface area contributed by atoms with Crippen LogP contribution in [0.25, 0.3) is 0 Å². The minimum atomic E-state index is -0.118. The van der Waals surface area contributed by atoms with Gasteiger partial charge in [-0.2, -0.15) is 0 Å². The first-order valence-corrected chi connectivity index (χ1v) is 13.1. The van der Waals surface area contributed by atoms with Crippen LogP contribution in [0.3, 0.4) is 0 Å². The number of ether oxygens (including phenoxy) is 2. The zero-order valence-electron chi connectivity index (χ0n) is 21.1. The molecule has 0 aromatic heterocycles. The van der Waals surface area contributed by atoms with Gasteiger partial charge in [-0.15, -0.1) is 0 Å². The third kappa shape index (κ3) is 4.69. The van der Waals surface area contributed by atoms with E-state index in [0.29, 0.717) is 6.42 Å². The Balaban J connectivity index is 1.56. The smallest absolute Gasteiger partial charge is 0.193 e. The highest BCUT2D eigenvalue weighted by molar-refractivity contribution is 5.99. The highest BCUT2D eigenvalue weighted by Gasteiger charge is 2.54. The van der Waals surface area contributed by atoms with Crippen molar-refractivity contribution in [3.05, 3.63) is 0 Å². The minimum Gasteiger partial charge on any atom is -0.472 e. The Morgan fingerprint density at radius 2 is 0.935 bits per heavy atom. The van der Waals surface area contributed by atoms with Gasteiger partial charge in [-0.25, -0.2) is 9.98 Å². The summed E-state index contributed by atoms with van der Waals surface area (Å²) in [6, 6.07) is 0.445. The molecule has 2 fully saturated rings. The van der Waals surface area contributed by atoms with Gasteiger partial charge in [0.1, 0.15) is 11.2 Å². The van der Waals surface area contributed by atoms with Crippen molar-refractivity contribution in [1.82, 2.24) is 0 Å². The first-order chi connectivity index (χ1) is 14.5. The molecule has 2 aliphatic carbocycles. The summed E-state index contributed by atoms with van der Waals surface area (Å²) in [5.74, 6) is 1.75. The largest absolute Gasteiger partial charge is 0.472 e. The maximum Gasteiger partial charge on any atom is 0.193 e. The van der Waals surface area contributed by atoms with E-state index in [-0.39, 0.29) is 34.1 Å². The topological polar surface area (TPSA) is 43.2 Å². The number of hydrogen-bond donors (Lipinski definition) is 0. The molecule has 0 aromatic carbocycles. The summed E-state index contributed by atoms with van der Waals surface area (Å²) in [5, 5.41) is 0. The van der Waals surface area contributed by atoms with E-state index >= 15 is 0 Å². The molecule has 0 aromatic rings. The molecule has 2 saturated carbocycles. The molecule has 2 heterocycles. The first kappa shape index (κ1) is 23.1. The molecule has 0 unspecified atom stereocenters. The maximum absolute atomic E-state index is 6.78. The molecular weight excluding hydrogens is 384 g/mol. The molecule has 0 amide bonds. The first-order valence-electron chi connectivity index (χ1n) is 13.1. The minimum absolute atomic E-state index is 0.0981. The average molecular weight is 431 g/mol. The highest BCUT2D eigenvalue weighted by atomic mass is 16.5. The van der Waals surface area contributed by atoms with Crippen LogP contribution in [0.15, 0.2) is 9.98 Å². The Morgan fingerprint density at radius 1 is 0.613 bits per heavy atom. The van der Waals surface area contributed by atoms with Crippen LogP contribution in [0.4, 0.5) is 0 Å². The van der Waals surface area contributed by atoms with Gasteiger partial charge in [0.25, 0.3) is 0 Å². The standard InChI is InChI=1S/C27H46N2O2/c1-24(2,3)22-26(15-11-7-8-12-16-26)30-20(28-22)19-21-29-23(25(4,5)6)27(31-21)17-13-9-10-14-18-27/h22-23H,7-19H2,1-6H3/t22-,23-/m1/s1. The van der Waals surface area contributed by atoms with Gasteiger partial charge < -0.3 is 9.47 Å². The normalized spacial score (nSPS) is 30.9. The number of rotatable bonds is 2. The van der Waals surface area contributed by atoms with E-state index in [2.05, 4.69) is 41.5 Å². The summed E-state index contributed by atoms with van der Waals surface area (Å²) in [6.07, 6.45) is 15.4.